The Bertz CT molecular complexity index is 798. The fourth-order valence-electron chi connectivity index (χ4n) is 2.22. The molecule has 2 aromatic carbocycles. The minimum atomic E-state index is -0.517. The van der Waals surface area contributed by atoms with Gasteiger partial charge in [0.05, 0.1) is 21.9 Å². The number of benzene rings is 2. The maximum absolute atomic E-state index is 13.5. The van der Waals surface area contributed by atoms with Gasteiger partial charge in [-0.1, -0.05) is 23.7 Å². The fraction of sp³-hybridized carbons (Fsp3) is 0.133. The molecular formula is C15H10Cl2F2N2. The van der Waals surface area contributed by atoms with Crippen LogP contribution in [-0.2, 0) is 12.4 Å². The molecule has 0 aliphatic rings. The number of halogens is 4. The van der Waals surface area contributed by atoms with E-state index in [1.165, 1.54) is 24.3 Å². The Kier molecular flexibility index (Phi) is 3.83. The first-order valence-corrected chi connectivity index (χ1v) is 7.14. The highest BCUT2D eigenvalue weighted by atomic mass is 35.5. The summed E-state index contributed by atoms with van der Waals surface area (Å²) in [6, 6.07) is 8.96. The molecule has 1 heterocycles. The summed E-state index contributed by atoms with van der Waals surface area (Å²) < 4.78 is 28.3. The van der Waals surface area contributed by atoms with Crippen LogP contribution in [0.3, 0.4) is 0 Å². The Hall–Kier alpha value is -1.65. The van der Waals surface area contributed by atoms with Crippen LogP contribution in [0.25, 0.3) is 11.0 Å². The van der Waals surface area contributed by atoms with Crippen molar-refractivity contribution in [2.45, 2.75) is 12.4 Å². The minimum Gasteiger partial charge on any atom is -0.322 e. The van der Waals surface area contributed by atoms with Crippen molar-refractivity contribution in [3.8, 4) is 0 Å². The first-order chi connectivity index (χ1) is 10.1. The maximum atomic E-state index is 13.5. The number of alkyl halides is 1. The summed E-state index contributed by atoms with van der Waals surface area (Å²) in [4.78, 5) is 4.31. The van der Waals surface area contributed by atoms with Gasteiger partial charge in [-0.15, -0.1) is 11.6 Å². The van der Waals surface area contributed by atoms with E-state index in [2.05, 4.69) is 4.98 Å². The van der Waals surface area contributed by atoms with E-state index < -0.39 is 5.82 Å². The molecule has 0 unspecified atom stereocenters. The molecule has 21 heavy (non-hydrogen) atoms. The minimum absolute atomic E-state index is 0.0314. The second-order valence-electron chi connectivity index (χ2n) is 4.63. The molecule has 0 saturated heterocycles. The summed E-state index contributed by atoms with van der Waals surface area (Å²) in [5.74, 6) is -0.0129. The van der Waals surface area contributed by atoms with Gasteiger partial charge in [0.2, 0.25) is 0 Å². The van der Waals surface area contributed by atoms with Crippen LogP contribution in [0, 0.1) is 11.6 Å². The maximum Gasteiger partial charge on any atom is 0.144 e. The first-order valence-electron chi connectivity index (χ1n) is 6.23. The third-order valence-electron chi connectivity index (χ3n) is 3.24. The zero-order valence-corrected chi connectivity index (χ0v) is 12.3. The normalized spacial score (nSPS) is 11.2. The lowest BCUT2D eigenvalue weighted by Crippen LogP contribution is -2.04. The number of hydrogen-bond acceptors (Lipinski definition) is 1. The van der Waals surface area contributed by atoms with Crippen LogP contribution in [0.4, 0.5) is 8.78 Å². The summed E-state index contributed by atoms with van der Waals surface area (Å²) in [6.45, 7) is 0.459. The molecule has 1 aromatic heterocycles. The van der Waals surface area contributed by atoms with E-state index in [4.69, 9.17) is 23.2 Å². The number of hydrogen-bond donors (Lipinski definition) is 0. The summed E-state index contributed by atoms with van der Waals surface area (Å²) in [7, 11) is 0. The highest BCUT2D eigenvalue weighted by Gasteiger charge is 2.13. The van der Waals surface area contributed by atoms with Crippen LogP contribution >= 0.6 is 23.2 Å². The molecule has 6 heteroatoms. The molecule has 3 aromatic rings. The molecule has 3 rings (SSSR count). The predicted molar refractivity (Wildman–Crippen MR) is 79.8 cm³/mol. The lowest BCUT2D eigenvalue weighted by molar-refractivity contribution is 0.626. The van der Waals surface area contributed by atoms with Gasteiger partial charge in [0.1, 0.15) is 17.5 Å². The molecule has 0 amide bonds. The van der Waals surface area contributed by atoms with Gasteiger partial charge in [0.25, 0.3) is 0 Å². The van der Waals surface area contributed by atoms with Crippen molar-refractivity contribution in [2.75, 3.05) is 0 Å². The highest BCUT2D eigenvalue weighted by Crippen LogP contribution is 2.25. The second kappa shape index (κ2) is 5.62. The van der Waals surface area contributed by atoms with Crippen molar-refractivity contribution in [3.63, 3.8) is 0 Å². The van der Waals surface area contributed by atoms with Gasteiger partial charge >= 0.3 is 0 Å². The zero-order valence-electron chi connectivity index (χ0n) is 10.8. The van der Waals surface area contributed by atoms with Crippen molar-refractivity contribution < 1.29 is 8.78 Å². The van der Waals surface area contributed by atoms with Crippen LogP contribution < -0.4 is 0 Å². The molecule has 0 radical (unpaired) electrons. The average Bonchev–Trinajstić information content (AvgIpc) is 2.79. The molecule has 2 nitrogen and oxygen atoms in total. The van der Waals surface area contributed by atoms with E-state index in [9.17, 15) is 8.78 Å². The van der Waals surface area contributed by atoms with E-state index in [1.807, 2.05) is 4.57 Å². The number of imidazole rings is 1. The Morgan fingerprint density at radius 1 is 1.10 bits per heavy atom. The number of nitrogens with zero attached hydrogens (tertiary/aromatic N) is 2. The summed E-state index contributed by atoms with van der Waals surface area (Å²) in [5.41, 5.74) is 2.08. The van der Waals surface area contributed by atoms with Gasteiger partial charge in [0, 0.05) is 12.6 Å². The van der Waals surface area contributed by atoms with Crippen LogP contribution in [0.5, 0.6) is 0 Å². The van der Waals surface area contributed by atoms with Gasteiger partial charge in [-0.3, -0.25) is 0 Å². The van der Waals surface area contributed by atoms with E-state index >= 15 is 0 Å². The summed E-state index contributed by atoms with van der Waals surface area (Å²) >= 11 is 11.7. The number of rotatable bonds is 3. The van der Waals surface area contributed by atoms with Crippen molar-refractivity contribution in [3.05, 3.63) is 64.4 Å². The van der Waals surface area contributed by atoms with Crippen LogP contribution in [0.15, 0.2) is 36.4 Å². The standard InChI is InChI=1S/C15H10Cl2F2N2/c16-7-15-20-13-6-12(19)11(17)5-14(13)21(15)8-9-1-3-10(18)4-2-9/h1-6H,7-8H2. The Morgan fingerprint density at radius 3 is 2.48 bits per heavy atom. The van der Waals surface area contributed by atoms with Gasteiger partial charge in [-0.2, -0.15) is 0 Å². The molecule has 0 N–H and O–H groups in total. The Balaban J connectivity index is 2.11. The van der Waals surface area contributed by atoms with Crippen molar-refractivity contribution >= 4 is 34.2 Å². The molecule has 0 aliphatic heterocycles. The van der Waals surface area contributed by atoms with E-state index in [-0.39, 0.29) is 16.7 Å². The largest absolute Gasteiger partial charge is 0.322 e. The monoisotopic (exact) mass is 326 g/mol. The van der Waals surface area contributed by atoms with Gasteiger partial charge in [-0.05, 0) is 23.8 Å². The van der Waals surface area contributed by atoms with Crippen LogP contribution in [0.1, 0.15) is 11.4 Å². The SMILES string of the molecule is Fc1ccc(Cn2c(CCl)nc3cc(F)c(Cl)cc32)cc1. The summed E-state index contributed by atoms with van der Waals surface area (Å²) in [5, 5.41) is 0.0314. The van der Waals surface area contributed by atoms with Gasteiger partial charge in [-0.25, -0.2) is 13.8 Å². The lowest BCUT2D eigenvalue weighted by atomic mass is 10.2. The molecule has 0 fully saturated rings. The third kappa shape index (κ3) is 2.74. The summed E-state index contributed by atoms with van der Waals surface area (Å²) in [6.07, 6.45) is 0. The fourth-order valence-corrected chi connectivity index (χ4v) is 2.58. The topological polar surface area (TPSA) is 17.8 Å². The smallest absolute Gasteiger partial charge is 0.144 e. The molecule has 0 bridgehead atoms. The van der Waals surface area contributed by atoms with E-state index in [1.54, 1.807) is 12.1 Å². The van der Waals surface area contributed by atoms with Crippen molar-refractivity contribution in [1.82, 2.24) is 9.55 Å². The molecule has 108 valence electrons. The number of aromatic nitrogens is 2. The highest BCUT2D eigenvalue weighted by molar-refractivity contribution is 6.31. The van der Waals surface area contributed by atoms with Gasteiger partial charge in [0.15, 0.2) is 0 Å². The number of fused-ring (bicyclic) bond motifs is 1. The molecule has 0 atom stereocenters. The first kappa shape index (κ1) is 14.3. The zero-order chi connectivity index (χ0) is 15.0. The second-order valence-corrected chi connectivity index (χ2v) is 5.30. The molecule has 0 saturated carbocycles. The van der Waals surface area contributed by atoms with Crippen LogP contribution in [-0.4, -0.2) is 9.55 Å². The van der Waals surface area contributed by atoms with E-state index in [0.29, 0.717) is 23.4 Å². The van der Waals surface area contributed by atoms with E-state index in [0.717, 1.165) is 5.56 Å². The Morgan fingerprint density at radius 2 is 1.81 bits per heavy atom. The molecule has 0 aliphatic carbocycles. The predicted octanol–water partition coefficient (Wildman–Crippen LogP) is 4.76. The molecule has 0 spiro atoms. The van der Waals surface area contributed by atoms with Crippen molar-refractivity contribution in [1.29, 1.82) is 0 Å². The molecular weight excluding hydrogens is 317 g/mol. The van der Waals surface area contributed by atoms with Crippen LogP contribution in [0.2, 0.25) is 5.02 Å². The quantitative estimate of drug-likeness (QED) is 0.635. The van der Waals surface area contributed by atoms with Crippen molar-refractivity contribution in [2.24, 2.45) is 0 Å². The average molecular weight is 327 g/mol. The third-order valence-corrected chi connectivity index (χ3v) is 3.77. The lowest BCUT2D eigenvalue weighted by Gasteiger charge is -2.08. The Labute approximate surface area is 129 Å². The van der Waals surface area contributed by atoms with Gasteiger partial charge < -0.3 is 4.57 Å².